The molecule has 0 saturated carbocycles. The average Bonchev–Trinajstić information content (AvgIpc) is 3.07. The quantitative estimate of drug-likeness (QED) is 0.397. The highest BCUT2D eigenvalue weighted by Gasteiger charge is 2.15. The Balaban J connectivity index is 1.82. The van der Waals surface area contributed by atoms with Gasteiger partial charge in [0.25, 0.3) is 0 Å². The minimum atomic E-state index is 0.199. The fourth-order valence-corrected chi connectivity index (χ4v) is 3.56. The summed E-state index contributed by atoms with van der Waals surface area (Å²) in [5.74, 6) is 0.199. The first kappa shape index (κ1) is 15.9. The van der Waals surface area contributed by atoms with Gasteiger partial charge in [-0.05, 0) is 34.9 Å². The van der Waals surface area contributed by atoms with Crippen LogP contribution in [0.4, 0.5) is 0 Å². The van der Waals surface area contributed by atoms with Gasteiger partial charge in [-0.2, -0.15) is 0 Å². The second kappa shape index (κ2) is 7.12. The van der Waals surface area contributed by atoms with Crippen molar-refractivity contribution in [1.82, 2.24) is 4.98 Å². The molecule has 3 aromatic carbocycles. The van der Waals surface area contributed by atoms with Crippen LogP contribution in [0.1, 0.15) is 22.6 Å². The Hall–Kier alpha value is -2.58. The van der Waals surface area contributed by atoms with E-state index >= 15 is 0 Å². The van der Waals surface area contributed by atoms with Gasteiger partial charge in [-0.1, -0.05) is 88.7 Å². The van der Waals surface area contributed by atoms with Crippen LogP contribution in [0.5, 0.6) is 0 Å². The Morgan fingerprint density at radius 1 is 0.840 bits per heavy atom. The van der Waals surface area contributed by atoms with Crippen molar-refractivity contribution in [2.45, 2.75) is 5.92 Å². The summed E-state index contributed by atoms with van der Waals surface area (Å²) >= 11 is 3.60. The third-order valence-electron chi connectivity index (χ3n) is 4.45. The van der Waals surface area contributed by atoms with E-state index in [2.05, 4.69) is 112 Å². The van der Waals surface area contributed by atoms with Crippen LogP contribution in [0, 0.1) is 0 Å². The van der Waals surface area contributed by atoms with Crippen LogP contribution in [-0.2, 0) is 0 Å². The molecule has 0 aliphatic carbocycles. The first-order valence-electron chi connectivity index (χ1n) is 8.36. The Labute approximate surface area is 156 Å². The SMILES string of the molecule is Brc1ccc2[nH]cc(C(/C=C/c3ccccc3)c3ccccc3)c2c1. The topological polar surface area (TPSA) is 15.8 Å². The predicted molar refractivity (Wildman–Crippen MR) is 110 cm³/mol. The van der Waals surface area contributed by atoms with Crippen molar-refractivity contribution in [3.8, 4) is 0 Å². The summed E-state index contributed by atoms with van der Waals surface area (Å²) < 4.78 is 1.10. The lowest BCUT2D eigenvalue weighted by atomic mass is 9.90. The molecule has 25 heavy (non-hydrogen) atoms. The van der Waals surface area contributed by atoms with Crippen molar-refractivity contribution in [2.24, 2.45) is 0 Å². The van der Waals surface area contributed by atoms with Crippen LogP contribution in [0.15, 0.2) is 95.6 Å². The number of benzene rings is 3. The maximum absolute atomic E-state index is 3.60. The zero-order chi connectivity index (χ0) is 17.1. The molecule has 0 bridgehead atoms. The van der Waals surface area contributed by atoms with Gasteiger partial charge in [-0.15, -0.1) is 0 Å². The second-order valence-electron chi connectivity index (χ2n) is 6.09. The summed E-state index contributed by atoms with van der Waals surface area (Å²) in [6.07, 6.45) is 6.62. The monoisotopic (exact) mass is 387 g/mol. The van der Waals surface area contributed by atoms with Gasteiger partial charge in [0.1, 0.15) is 0 Å². The number of rotatable bonds is 4. The molecule has 4 rings (SSSR count). The zero-order valence-corrected chi connectivity index (χ0v) is 15.3. The van der Waals surface area contributed by atoms with Crippen LogP contribution in [0.2, 0.25) is 0 Å². The van der Waals surface area contributed by atoms with Crippen molar-refractivity contribution < 1.29 is 0 Å². The number of aromatic nitrogens is 1. The number of fused-ring (bicyclic) bond motifs is 1. The smallest absolute Gasteiger partial charge is 0.0457 e. The van der Waals surface area contributed by atoms with Gasteiger partial charge >= 0.3 is 0 Å². The van der Waals surface area contributed by atoms with E-state index in [0.29, 0.717) is 0 Å². The number of halogens is 1. The van der Waals surface area contributed by atoms with E-state index in [9.17, 15) is 0 Å². The lowest BCUT2D eigenvalue weighted by Gasteiger charge is -2.13. The molecule has 122 valence electrons. The maximum atomic E-state index is 3.60. The van der Waals surface area contributed by atoms with E-state index in [1.165, 1.54) is 22.1 Å². The van der Waals surface area contributed by atoms with E-state index < -0.39 is 0 Å². The largest absolute Gasteiger partial charge is 0.361 e. The molecule has 1 atom stereocenters. The number of aromatic amines is 1. The summed E-state index contributed by atoms with van der Waals surface area (Å²) in [7, 11) is 0. The fourth-order valence-electron chi connectivity index (χ4n) is 3.20. The molecule has 0 spiro atoms. The molecule has 0 aliphatic rings. The molecule has 2 heteroatoms. The first-order chi connectivity index (χ1) is 12.3. The standard InChI is InChI=1S/C23H18BrN/c24-19-12-14-23-21(15-19)22(16-25-23)20(18-9-5-2-6-10-18)13-11-17-7-3-1-4-8-17/h1-16,20,25H/b13-11+. The molecule has 1 N–H and O–H groups in total. The Morgan fingerprint density at radius 2 is 1.56 bits per heavy atom. The molecule has 0 radical (unpaired) electrons. The van der Waals surface area contributed by atoms with Gasteiger partial charge in [0.2, 0.25) is 0 Å². The van der Waals surface area contributed by atoms with Gasteiger partial charge in [-0.25, -0.2) is 0 Å². The highest BCUT2D eigenvalue weighted by molar-refractivity contribution is 9.10. The van der Waals surface area contributed by atoms with Crippen molar-refractivity contribution in [3.05, 3.63) is 112 Å². The number of hydrogen-bond donors (Lipinski definition) is 1. The number of H-pyrrole nitrogens is 1. The van der Waals surface area contributed by atoms with E-state index in [4.69, 9.17) is 0 Å². The fraction of sp³-hybridized carbons (Fsp3) is 0.0435. The van der Waals surface area contributed by atoms with Gasteiger partial charge < -0.3 is 4.98 Å². The maximum Gasteiger partial charge on any atom is 0.0457 e. The molecule has 1 heterocycles. The van der Waals surface area contributed by atoms with E-state index in [-0.39, 0.29) is 5.92 Å². The molecule has 0 amide bonds. The van der Waals surface area contributed by atoms with Crippen molar-refractivity contribution in [2.75, 3.05) is 0 Å². The minimum absolute atomic E-state index is 0.199. The Morgan fingerprint density at radius 3 is 2.32 bits per heavy atom. The molecule has 1 aromatic heterocycles. The van der Waals surface area contributed by atoms with Crippen LogP contribution < -0.4 is 0 Å². The molecule has 1 nitrogen and oxygen atoms in total. The van der Waals surface area contributed by atoms with Crippen LogP contribution >= 0.6 is 15.9 Å². The zero-order valence-electron chi connectivity index (χ0n) is 13.7. The van der Waals surface area contributed by atoms with Gasteiger partial charge in [0, 0.05) is 27.5 Å². The first-order valence-corrected chi connectivity index (χ1v) is 9.15. The van der Waals surface area contributed by atoms with E-state index in [0.717, 1.165) is 9.99 Å². The molecule has 0 aliphatic heterocycles. The minimum Gasteiger partial charge on any atom is -0.361 e. The normalized spacial score (nSPS) is 12.7. The van der Waals surface area contributed by atoms with Gasteiger partial charge in [-0.3, -0.25) is 0 Å². The Kier molecular flexibility index (Phi) is 4.53. The van der Waals surface area contributed by atoms with E-state index in [1.54, 1.807) is 0 Å². The summed E-state index contributed by atoms with van der Waals surface area (Å²) in [6, 6.07) is 27.5. The summed E-state index contributed by atoms with van der Waals surface area (Å²) in [5, 5.41) is 1.25. The van der Waals surface area contributed by atoms with E-state index in [1.807, 2.05) is 6.07 Å². The predicted octanol–water partition coefficient (Wildman–Crippen LogP) is 6.78. The lowest BCUT2D eigenvalue weighted by molar-refractivity contribution is 1.04. The van der Waals surface area contributed by atoms with Gasteiger partial charge in [0.05, 0.1) is 0 Å². The molecule has 1 unspecified atom stereocenters. The van der Waals surface area contributed by atoms with Crippen LogP contribution in [0.3, 0.4) is 0 Å². The molecular formula is C23H18BrN. The number of hydrogen-bond acceptors (Lipinski definition) is 0. The summed E-state index contributed by atoms with van der Waals surface area (Å²) in [4.78, 5) is 3.41. The van der Waals surface area contributed by atoms with Crippen molar-refractivity contribution >= 4 is 32.9 Å². The van der Waals surface area contributed by atoms with Crippen LogP contribution in [-0.4, -0.2) is 4.98 Å². The molecule has 0 saturated heterocycles. The summed E-state index contributed by atoms with van der Waals surface area (Å²) in [5.41, 5.74) is 4.95. The number of allylic oxidation sites excluding steroid dienone is 1. The highest BCUT2D eigenvalue weighted by atomic mass is 79.9. The molecular weight excluding hydrogens is 370 g/mol. The molecule has 0 fully saturated rings. The lowest BCUT2D eigenvalue weighted by Crippen LogP contribution is -1.96. The van der Waals surface area contributed by atoms with Crippen LogP contribution in [0.25, 0.3) is 17.0 Å². The second-order valence-corrected chi connectivity index (χ2v) is 7.01. The van der Waals surface area contributed by atoms with Gasteiger partial charge in [0.15, 0.2) is 0 Å². The van der Waals surface area contributed by atoms with Crippen molar-refractivity contribution in [3.63, 3.8) is 0 Å². The number of nitrogens with one attached hydrogen (secondary N) is 1. The third-order valence-corrected chi connectivity index (χ3v) is 4.94. The highest BCUT2D eigenvalue weighted by Crippen LogP contribution is 2.33. The molecule has 4 aromatic rings. The summed E-state index contributed by atoms with van der Waals surface area (Å²) in [6.45, 7) is 0. The third kappa shape index (κ3) is 3.45. The Bertz CT molecular complexity index is 1000. The van der Waals surface area contributed by atoms with Crippen molar-refractivity contribution in [1.29, 1.82) is 0 Å². The average molecular weight is 388 g/mol.